The molecule has 0 bridgehead atoms. The van der Waals surface area contributed by atoms with Crippen LogP contribution in [0.25, 0.3) is 11.1 Å². The van der Waals surface area contributed by atoms with E-state index >= 15 is 0 Å². The quantitative estimate of drug-likeness (QED) is 0.249. The summed E-state index contributed by atoms with van der Waals surface area (Å²) in [6.07, 6.45) is 0.297. The monoisotopic (exact) mass is 573 g/mol. The van der Waals surface area contributed by atoms with Gasteiger partial charge >= 0.3 is 5.97 Å². The van der Waals surface area contributed by atoms with Gasteiger partial charge < -0.3 is 24.3 Å². The molecule has 0 heterocycles. The van der Waals surface area contributed by atoms with Crippen molar-refractivity contribution in [2.24, 2.45) is 0 Å². The van der Waals surface area contributed by atoms with Crippen LogP contribution in [0.4, 0.5) is 0 Å². The smallest absolute Gasteiger partial charge is 0.328 e. The third-order valence-corrected chi connectivity index (χ3v) is 6.53. The zero-order chi connectivity index (χ0) is 28.5. The summed E-state index contributed by atoms with van der Waals surface area (Å²) in [5.41, 5.74) is 3.50. The van der Waals surface area contributed by atoms with Crippen LogP contribution in [0, 0.1) is 0 Å². The van der Waals surface area contributed by atoms with Gasteiger partial charge in [0, 0.05) is 6.42 Å². The highest BCUT2D eigenvalue weighted by atomic mass is 35.5. The number of esters is 1. The zero-order valence-corrected chi connectivity index (χ0v) is 24.2. The third-order valence-electron chi connectivity index (χ3n) is 5.90. The lowest BCUT2D eigenvalue weighted by molar-refractivity contribution is -0.145. The molecule has 0 saturated heterocycles. The van der Waals surface area contributed by atoms with Crippen molar-refractivity contribution in [2.45, 2.75) is 45.9 Å². The molecule has 0 aliphatic rings. The molecule has 3 rings (SSSR count). The molecule has 0 radical (unpaired) electrons. The Morgan fingerprint density at radius 2 is 1.49 bits per heavy atom. The number of halogens is 2. The van der Waals surface area contributed by atoms with Gasteiger partial charge in [0.15, 0.2) is 0 Å². The second-order valence-corrected chi connectivity index (χ2v) is 9.83. The summed E-state index contributed by atoms with van der Waals surface area (Å²) in [6.45, 7) is 6.28. The maximum absolute atomic E-state index is 13.0. The summed E-state index contributed by atoms with van der Waals surface area (Å²) in [4.78, 5) is 25.7. The van der Waals surface area contributed by atoms with E-state index in [0.717, 1.165) is 22.3 Å². The van der Waals surface area contributed by atoms with Crippen molar-refractivity contribution < 1.29 is 28.5 Å². The van der Waals surface area contributed by atoms with E-state index in [1.807, 2.05) is 50.2 Å². The Morgan fingerprint density at radius 3 is 2.00 bits per heavy atom. The van der Waals surface area contributed by atoms with Crippen LogP contribution in [0.15, 0.2) is 54.6 Å². The van der Waals surface area contributed by atoms with Crippen molar-refractivity contribution in [3.63, 3.8) is 0 Å². The summed E-state index contributed by atoms with van der Waals surface area (Å²) in [5, 5.41) is 3.11. The first-order chi connectivity index (χ1) is 18.7. The second kappa shape index (κ2) is 14.2. The number of benzene rings is 3. The molecule has 39 heavy (non-hydrogen) atoms. The molecule has 7 nitrogen and oxygen atoms in total. The fourth-order valence-electron chi connectivity index (χ4n) is 4.02. The van der Waals surface area contributed by atoms with Crippen LogP contribution in [0.5, 0.6) is 11.5 Å². The lowest BCUT2D eigenvalue weighted by atomic mass is 9.98. The molecule has 208 valence electrons. The molecule has 0 unspecified atom stereocenters. The van der Waals surface area contributed by atoms with Gasteiger partial charge in [0.2, 0.25) is 0 Å². The number of hydrogen-bond donors (Lipinski definition) is 1. The second-order valence-electron chi connectivity index (χ2n) is 9.01. The largest absolute Gasteiger partial charge is 0.496 e. The van der Waals surface area contributed by atoms with Gasteiger partial charge in [-0.15, -0.1) is 0 Å². The molecule has 0 fully saturated rings. The van der Waals surface area contributed by atoms with Crippen molar-refractivity contribution in [1.82, 2.24) is 5.32 Å². The standard InChI is InChI=1S/C30H33Cl2NO6/c1-6-38-30(35)24(33-29(34)28-22(31)8-7-9-23(28)32)14-19-10-12-21(13-11-19)27-25(36-4)15-20(16-26(27)37-5)17-39-18(2)3/h7-13,15-16,18,24H,6,14,17H2,1-5H3,(H,33,34)/t24-/m0/s1. The van der Waals surface area contributed by atoms with Crippen LogP contribution in [-0.2, 0) is 27.3 Å². The third kappa shape index (κ3) is 7.88. The highest BCUT2D eigenvalue weighted by molar-refractivity contribution is 6.39. The van der Waals surface area contributed by atoms with Crippen LogP contribution in [0.1, 0.15) is 42.3 Å². The molecule has 1 amide bonds. The Kier molecular flexibility index (Phi) is 11.0. The Bertz CT molecular complexity index is 1250. The minimum absolute atomic E-state index is 0.0964. The molecular weight excluding hydrogens is 541 g/mol. The summed E-state index contributed by atoms with van der Waals surface area (Å²) in [5.74, 6) is 0.187. The first-order valence-electron chi connectivity index (χ1n) is 12.6. The van der Waals surface area contributed by atoms with Crippen molar-refractivity contribution in [3.8, 4) is 22.6 Å². The van der Waals surface area contributed by atoms with E-state index in [-0.39, 0.29) is 34.7 Å². The Labute approximate surface area is 239 Å². The first kappa shape index (κ1) is 30.3. The number of nitrogens with one attached hydrogen (secondary N) is 1. The molecular formula is C30H33Cl2NO6. The fraction of sp³-hybridized carbons (Fsp3) is 0.333. The van der Waals surface area contributed by atoms with E-state index in [2.05, 4.69) is 5.32 Å². The molecule has 0 saturated carbocycles. The van der Waals surface area contributed by atoms with Gasteiger partial charge in [0.05, 0.1) is 54.7 Å². The number of amides is 1. The van der Waals surface area contributed by atoms with E-state index in [1.54, 1.807) is 39.3 Å². The maximum atomic E-state index is 13.0. The van der Waals surface area contributed by atoms with Gasteiger partial charge in [-0.25, -0.2) is 4.79 Å². The summed E-state index contributed by atoms with van der Waals surface area (Å²) >= 11 is 12.4. The van der Waals surface area contributed by atoms with E-state index in [9.17, 15) is 9.59 Å². The van der Waals surface area contributed by atoms with Gasteiger partial charge in [0.25, 0.3) is 5.91 Å². The van der Waals surface area contributed by atoms with Crippen molar-refractivity contribution in [3.05, 3.63) is 81.3 Å². The number of carbonyl (C=O) groups is 2. The normalized spacial score (nSPS) is 11.7. The molecule has 3 aromatic rings. The van der Waals surface area contributed by atoms with Crippen LogP contribution in [0.3, 0.4) is 0 Å². The first-order valence-corrected chi connectivity index (χ1v) is 13.3. The average molecular weight is 575 g/mol. The predicted molar refractivity (Wildman–Crippen MR) is 153 cm³/mol. The van der Waals surface area contributed by atoms with E-state index in [1.165, 1.54) is 0 Å². The molecule has 0 aromatic heterocycles. The van der Waals surface area contributed by atoms with E-state index in [4.69, 9.17) is 42.1 Å². The summed E-state index contributed by atoms with van der Waals surface area (Å²) in [7, 11) is 3.22. The minimum Gasteiger partial charge on any atom is -0.496 e. The topological polar surface area (TPSA) is 83.1 Å². The van der Waals surface area contributed by atoms with Crippen LogP contribution in [-0.4, -0.2) is 44.8 Å². The van der Waals surface area contributed by atoms with Gasteiger partial charge in [-0.3, -0.25) is 4.79 Å². The molecule has 0 spiro atoms. The maximum Gasteiger partial charge on any atom is 0.328 e. The number of carbonyl (C=O) groups excluding carboxylic acids is 2. The van der Waals surface area contributed by atoms with Crippen LogP contribution < -0.4 is 14.8 Å². The number of rotatable bonds is 12. The van der Waals surface area contributed by atoms with Gasteiger partial charge in [-0.2, -0.15) is 0 Å². The average Bonchev–Trinajstić information content (AvgIpc) is 2.91. The van der Waals surface area contributed by atoms with Gasteiger partial charge in [0.1, 0.15) is 17.5 Å². The van der Waals surface area contributed by atoms with Gasteiger partial charge in [-0.05, 0) is 61.7 Å². The van der Waals surface area contributed by atoms with Crippen LogP contribution in [0.2, 0.25) is 10.0 Å². The molecule has 3 aromatic carbocycles. The lowest BCUT2D eigenvalue weighted by Crippen LogP contribution is -2.43. The molecule has 1 N–H and O–H groups in total. The molecule has 0 aliphatic carbocycles. The minimum atomic E-state index is -0.944. The number of methoxy groups -OCH3 is 2. The Morgan fingerprint density at radius 1 is 0.897 bits per heavy atom. The number of hydrogen-bond acceptors (Lipinski definition) is 6. The summed E-state index contributed by atoms with van der Waals surface area (Å²) < 4.78 is 22.3. The molecule has 0 aliphatic heterocycles. The lowest BCUT2D eigenvalue weighted by Gasteiger charge is -2.19. The van der Waals surface area contributed by atoms with Crippen molar-refractivity contribution in [1.29, 1.82) is 0 Å². The fourth-order valence-corrected chi connectivity index (χ4v) is 4.59. The van der Waals surface area contributed by atoms with Crippen molar-refractivity contribution >= 4 is 35.1 Å². The van der Waals surface area contributed by atoms with Crippen molar-refractivity contribution in [2.75, 3.05) is 20.8 Å². The number of ether oxygens (including phenoxy) is 4. The molecule has 9 heteroatoms. The van der Waals surface area contributed by atoms with E-state index < -0.39 is 17.9 Å². The van der Waals surface area contributed by atoms with Crippen LogP contribution >= 0.6 is 23.2 Å². The highest BCUT2D eigenvalue weighted by Gasteiger charge is 2.25. The predicted octanol–water partition coefficient (Wildman–Crippen LogP) is 6.51. The Balaban J connectivity index is 1.86. The zero-order valence-electron chi connectivity index (χ0n) is 22.7. The van der Waals surface area contributed by atoms with E-state index in [0.29, 0.717) is 18.1 Å². The Hall–Kier alpha value is -3.26. The SMILES string of the molecule is CCOC(=O)[C@H](Cc1ccc(-c2c(OC)cc(COC(C)C)cc2OC)cc1)NC(=O)c1c(Cl)cccc1Cl. The summed E-state index contributed by atoms with van der Waals surface area (Å²) in [6, 6.07) is 15.3. The highest BCUT2D eigenvalue weighted by Crippen LogP contribution is 2.40. The van der Waals surface area contributed by atoms with Gasteiger partial charge in [-0.1, -0.05) is 53.5 Å². The molecule has 1 atom stereocenters.